The molecule has 0 saturated carbocycles. The molecule has 22 heavy (non-hydrogen) atoms. The lowest BCUT2D eigenvalue weighted by Gasteiger charge is -2.19. The van der Waals surface area contributed by atoms with Gasteiger partial charge in [-0.25, -0.2) is 4.79 Å². The molecule has 2 rings (SSSR count). The summed E-state index contributed by atoms with van der Waals surface area (Å²) >= 11 is 0. The number of hydrazine groups is 1. The predicted octanol–water partition coefficient (Wildman–Crippen LogP) is 0.989. The number of amides is 4. The Morgan fingerprint density at radius 1 is 1.36 bits per heavy atom. The zero-order valence-corrected chi connectivity index (χ0v) is 12.8. The van der Waals surface area contributed by atoms with E-state index < -0.39 is 23.4 Å². The molecule has 1 aromatic rings. The summed E-state index contributed by atoms with van der Waals surface area (Å²) in [7, 11) is 1.51. The van der Waals surface area contributed by atoms with Crippen molar-refractivity contribution in [2.45, 2.75) is 32.2 Å². The lowest BCUT2D eigenvalue weighted by molar-refractivity contribution is -0.138. The van der Waals surface area contributed by atoms with Gasteiger partial charge in [0.1, 0.15) is 11.3 Å². The van der Waals surface area contributed by atoms with E-state index >= 15 is 0 Å². The molecule has 1 fully saturated rings. The fourth-order valence-electron chi connectivity index (χ4n) is 2.21. The molecule has 0 unspecified atom stereocenters. The van der Waals surface area contributed by atoms with Gasteiger partial charge in [0.2, 0.25) is 5.91 Å². The maximum atomic E-state index is 12.2. The van der Waals surface area contributed by atoms with Gasteiger partial charge >= 0.3 is 6.03 Å². The van der Waals surface area contributed by atoms with Crippen LogP contribution >= 0.6 is 0 Å². The average Bonchev–Trinajstić information content (AvgIpc) is 2.72. The van der Waals surface area contributed by atoms with Crippen molar-refractivity contribution in [2.75, 3.05) is 7.11 Å². The van der Waals surface area contributed by atoms with Crippen molar-refractivity contribution in [3.05, 3.63) is 29.8 Å². The summed E-state index contributed by atoms with van der Waals surface area (Å²) in [4.78, 5) is 36.1. The van der Waals surface area contributed by atoms with E-state index in [-0.39, 0.29) is 6.42 Å². The second-order valence-corrected chi connectivity index (χ2v) is 5.28. The fourth-order valence-corrected chi connectivity index (χ4v) is 2.21. The van der Waals surface area contributed by atoms with Crippen LogP contribution in [0.15, 0.2) is 24.3 Å². The topological polar surface area (TPSA) is 87.7 Å². The number of hydrogen-bond donors (Lipinski definition) is 2. The second kappa shape index (κ2) is 6.05. The molecule has 4 amide bonds. The summed E-state index contributed by atoms with van der Waals surface area (Å²) < 4.78 is 5.17. The minimum Gasteiger partial charge on any atom is -0.496 e. The fraction of sp³-hybridized carbons (Fsp3) is 0.400. The maximum Gasteiger partial charge on any atom is 0.344 e. The Hall–Kier alpha value is -2.57. The molecule has 2 N–H and O–H groups in total. The first kappa shape index (κ1) is 15.8. The lowest BCUT2D eigenvalue weighted by atomic mass is 10.00. The summed E-state index contributed by atoms with van der Waals surface area (Å²) in [6.07, 6.45) is 0.445. The summed E-state index contributed by atoms with van der Waals surface area (Å²) in [5.41, 5.74) is 2.04. The SMILES string of the molecule is CC[C@@]1(C)NC(=O)N(NC(=O)Cc2ccccc2OC)C1=O. The lowest BCUT2D eigenvalue weighted by Crippen LogP contribution is -2.49. The van der Waals surface area contributed by atoms with Gasteiger partial charge in [0, 0.05) is 5.56 Å². The highest BCUT2D eigenvalue weighted by Crippen LogP contribution is 2.20. The number of rotatable bonds is 5. The molecule has 1 heterocycles. The number of carbonyl (C=O) groups excluding carboxylic acids is 3. The zero-order valence-electron chi connectivity index (χ0n) is 12.8. The third-order valence-electron chi connectivity index (χ3n) is 3.75. The Morgan fingerprint density at radius 2 is 2.05 bits per heavy atom. The second-order valence-electron chi connectivity index (χ2n) is 5.28. The van der Waals surface area contributed by atoms with E-state index in [2.05, 4.69) is 10.7 Å². The molecule has 0 aliphatic carbocycles. The van der Waals surface area contributed by atoms with Crippen molar-refractivity contribution in [3.63, 3.8) is 0 Å². The molecule has 1 aromatic carbocycles. The van der Waals surface area contributed by atoms with Crippen LogP contribution < -0.4 is 15.5 Å². The standard InChI is InChI=1S/C15H19N3O4/c1-4-15(2)13(20)18(14(21)16-15)17-12(19)9-10-7-5-6-8-11(10)22-3/h5-8H,4,9H2,1-3H3,(H,16,21)(H,17,19)/t15-/m1/s1. The van der Waals surface area contributed by atoms with Gasteiger partial charge in [-0.05, 0) is 19.4 Å². The molecule has 1 aliphatic rings. The van der Waals surface area contributed by atoms with Crippen LogP contribution in [0.5, 0.6) is 5.75 Å². The third-order valence-corrected chi connectivity index (χ3v) is 3.75. The predicted molar refractivity (Wildman–Crippen MR) is 78.9 cm³/mol. The average molecular weight is 305 g/mol. The first-order valence-electron chi connectivity index (χ1n) is 6.99. The molecule has 7 nitrogen and oxygen atoms in total. The Morgan fingerprint density at radius 3 is 2.64 bits per heavy atom. The minimum absolute atomic E-state index is 0.00388. The molecule has 1 aliphatic heterocycles. The molecule has 0 spiro atoms. The number of imide groups is 1. The van der Waals surface area contributed by atoms with Crippen LogP contribution in [-0.4, -0.2) is 35.5 Å². The number of urea groups is 1. The monoisotopic (exact) mass is 305 g/mol. The van der Waals surface area contributed by atoms with Gasteiger partial charge in [-0.2, -0.15) is 5.01 Å². The highest BCUT2D eigenvalue weighted by Gasteiger charge is 2.47. The number of nitrogens with zero attached hydrogens (tertiary/aromatic N) is 1. The van der Waals surface area contributed by atoms with Gasteiger partial charge in [0.05, 0.1) is 13.5 Å². The van der Waals surface area contributed by atoms with E-state index in [9.17, 15) is 14.4 Å². The molecular weight excluding hydrogens is 286 g/mol. The molecule has 0 bridgehead atoms. The number of para-hydroxylation sites is 1. The highest BCUT2D eigenvalue weighted by molar-refractivity contribution is 6.07. The number of ether oxygens (including phenoxy) is 1. The first-order chi connectivity index (χ1) is 10.4. The smallest absolute Gasteiger partial charge is 0.344 e. The van der Waals surface area contributed by atoms with Gasteiger partial charge in [-0.15, -0.1) is 0 Å². The largest absolute Gasteiger partial charge is 0.496 e. The quantitative estimate of drug-likeness (QED) is 0.794. The van der Waals surface area contributed by atoms with Gasteiger partial charge in [0.25, 0.3) is 5.91 Å². The van der Waals surface area contributed by atoms with Crippen molar-refractivity contribution in [1.29, 1.82) is 0 Å². The zero-order chi connectivity index (χ0) is 16.3. The van der Waals surface area contributed by atoms with Gasteiger partial charge < -0.3 is 10.1 Å². The van der Waals surface area contributed by atoms with Crippen molar-refractivity contribution in [3.8, 4) is 5.75 Å². The van der Waals surface area contributed by atoms with E-state index in [0.717, 1.165) is 5.01 Å². The maximum absolute atomic E-state index is 12.2. The van der Waals surface area contributed by atoms with Gasteiger partial charge in [-0.1, -0.05) is 25.1 Å². The van der Waals surface area contributed by atoms with Crippen molar-refractivity contribution >= 4 is 17.8 Å². The minimum atomic E-state index is -0.977. The summed E-state index contributed by atoms with van der Waals surface area (Å²) in [5, 5.41) is 3.31. The number of benzene rings is 1. The Labute approximate surface area is 128 Å². The van der Waals surface area contributed by atoms with E-state index in [4.69, 9.17) is 4.74 Å². The van der Waals surface area contributed by atoms with Crippen molar-refractivity contribution in [2.24, 2.45) is 0 Å². The van der Waals surface area contributed by atoms with Gasteiger partial charge in [-0.3, -0.25) is 15.0 Å². The molecule has 1 saturated heterocycles. The molecule has 118 valence electrons. The third kappa shape index (κ3) is 2.88. The van der Waals surface area contributed by atoms with Crippen LogP contribution in [0.2, 0.25) is 0 Å². The van der Waals surface area contributed by atoms with Crippen LogP contribution in [0.25, 0.3) is 0 Å². The normalized spacial score (nSPS) is 20.8. The van der Waals surface area contributed by atoms with Crippen LogP contribution in [-0.2, 0) is 16.0 Å². The van der Waals surface area contributed by atoms with Crippen LogP contribution in [0.1, 0.15) is 25.8 Å². The van der Waals surface area contributed by atoms with E-state index in [1.807, 2.05) is 0 Å². The summed E-state index contributed by atoms with van der Waals surface area (Å²) in [6.45, 7) is 3.41. The molecule has 0 aromatic heterocycles. The van der Waals surface area contributed by atoms with Crippen LogP contribution in [0.4, 0.5) is 4.79 Å². The molecule has 1 atom stereocenters. The number of nitrogens with one attached hydrogen (secondary N) is 2. The number of carbonyl (C=O) groups is 3. The van der Waals surface area contributed by atoms with Crippen molar-refractivity contribution in [1.82, 2.24) is 15.8 Å². The van der Waals surface area contributed by atoms with Crippen LogP contribution in [0.3, 0.4) is 0 Å². The Bertz CT molecular complexity index is 617. The Balaban J connectivity index is 2.07. The van der Waals surface area contributed by atoms with E-state index in [0.29, 0.717) is 17.7 Å². The number of methoxy groups -OCH3 is 1. The van der Waals surface area contributed by atoms with E-state index in [1.165, 1.54) is 7.11 Å². The van der Waals surface area contributed by atoms with Crippen LogP contribution in [0, 0.1) is 0 Å². The van der Waals surface area contributed by atoms with Gasteiger partial charge in [0.15, 0.2) is 0 Å². The highest BCUT2D eigenvalue weighted by atomic mass is 16.5. The number of hydrogen-bond acceptors (Lipinski definition) is 4. The molecule has 7 heteroatoms. The molecule has 0 radical (unpaired) electrons. The van der Waals surface area contributed by atoms with Crippen molar-refractivity contribution < 1.29 is 19.1 Å². The van der Waals surface area contributed by atoms with E-state index in [1.54, 1.807) is 38.1 Å². The summed E-state index contributed by atoms with van der Waals surface area (Å²) in [5.74, 6) is -0.352. The first-order valence-corrected chi connectivity index (χ1v) is 6.99. The molecular formula is C15H19N3O4. The summed E-state index contributed by atoms with van der Waals surface area (Å²) in [6, 6.07) is 6.45. The Kier molecular flexibility index (Phi) is 4.35.